The lowest BCUT2D eigenvalue weighted by molar-refractivity contribution is -2.00. The summed E-state index contributed by atoms with van der Waals surface area (Å²) in [6, 6.07) is 19.4. The van der Waals surface area contributed by atoms with E-state index in [9.17, 15) is 0 Å². The SMILES string of the molecule is C1=C(c2ccccc2)c2sc3ccccc3[n+]2CC1.[O-][Cl+3]([O-])([O-])[O-]. The Morgan fingerprint density at radius 3 is 2.21 bits per heavy atom. The average Bonchev–Trinajstić information content (AvgIpc) is 2.93. The molecule has 0 spiro atoms. The molecule has 7 heteroatoms. The van der Waals surface area contributed by atoms with E-state index in [1.165, 1.54) is 26.4 Å². The molecule has 0 amide bonds. The van der Waals surface area contributed by atoms with Gasteiger partial charge in [0.25, 0.3) is 5.01 Å². The Morgan fingerprint density at radius 2 is 1.50 bits per heavy atom. The van der Waals surface area contributed by atoms with Crippen molar-refractivity contribution in [1.29, 1.82) is 0 Å². The second-order valence-electron chi connectivity index (χ2n) is 5.18. The molecular formula is C17H14ClNO4S. The van der Waals surface area contributed by atoms with Crippen molar-refractivity contribution < 1.29 is 33.4 Å². The molecule has 0 radical (unpaired) electrons. The Labute approximate surface area is 145 Å². The van der Waals surface area contributed by atoms with Gasteiger partial charge in [0.15, 0.2) is 6.54 Å². The van der Waals surface area contributed by atoms with Crippen molar-refractivity contribution in [2.45, 2.75) is 13.0 Å². The van der Waals surface area contributed by atoms with Crippen molar-refractivity contribution in [2.24, 2.45) is 0 Å². The van der Waals surface area contributed by atoms with Crippen molar-refractivity contribution >= 4 is 27.1 Å². The first kappa shape index (κ1) is 17.0. The third kappa shape index (κ3) is 3.99. The molecule has 0 atom stereocenters. The molecule has 4 rings (SSSR count). The molecule has 1 aromatic heterocycles. The average molecular weight is 364 g/mol. The first-order valence-electron chi connectivity index (χ1n) is 7.22. The molecule has 3 aromatic rings. The predicted octanol–water partition coefficient (Wildman–Crippen LogP) is -0.732. The summed E-state index contributed by atoms with van der Waals surface area (Å²) in [6.45, 7) is 1.09. The summed E-state index contributed by atoms with van der Waals surface area (Å²) < 4.78 is 37.8. The van der Waals surface area contributed by atoms with Crippen LogP contribution in [0.15, 0.2) is 60.7 Å². The lowest BCUT2D eigenvalue weighted by atomic mass is 10.0. The standard InChI is InChI=1S/C17H14NS.ClHO4/c1-2-7-13(8-3-1)14-9-6-12-18-15-10-4-5-11-16(15)19-17(14)18;2-1(3,4)5/h1-5,7-11H,6,12H2;(H,2,3,4,5)/q+1;/p-1. The first-order chi connectivity index (χ1) is 11.4. The number of hydrogen-bond acceptors (Lipinski definition) is 5. The van der Waals surface area contributed by atoms with Crippen molar-refractivity contribution in [1.82, 2.24) is 0 Å². The quantitative estimate of drug-likeness (QED) is 0.532. The normalized spacial score (nSPS) is 13.8. The number of allylic oxidation sites excluding steroid dienone is 1. The fraction of sp³-hybridized carbons (Fsp3) is 0.118. The zero-order valence-corrected chi connectivity index (χ0v) is 14.1. The molecule has 5 nitrogen and oxygen atoms in total. The molecule has 24 heavy (non-hydrogen) atoms. The van der Waals surface area contributed by atoms with Crippen LogP contribution in [0.5, 0.6) is 0 Å². The van der Waals surface area contributed by atoms with Crippen molar-refractivity contribution in [3.8, 4) is 0 Å². The summed E-state index contributed by atoms with van der Waals surface area (Å²) >= 11 is 1.90. The lowest BCUT2D eigenvalue weighted by Gasteiger charge is -2.17. The summed E-state index contributed by atoms with van der Waals surface area (Å²) in [7, 11) is -4.94. The van der Waals surface area contributed by atoms with Crippen LogP contribution in [0.4, 0.5) is 0 Å². The van der Waals surface area contributed by atoms with Gasteiger partial charge in [0.2, 0.25) is 5.52 Å². The van der Waals surface area contributed by atoms with Gasteiger partial charge in [-0.2, -0.15) is 4.57 Å². The summed E-state index contributed by atoms with van der Waals surface area (Å²) in [6.07, 6.45) is 3.49. The Kier molecular flexibility index (Phi) is 4.96. The highest BCUT2D eigenvalue weighted by molar-refractivity contribution is 7.19. The number of hydrogen-bond donors (Lipinski definition) is 0. The maximum atomic E-state index is 8.49. The first-order valence-corrected chi connectivity index (χ1v) is 9.27. The van der Waals surface area contributed by atoms with Crippen LogP contribution in [0, 0.1) is 10.2 Å². The Balaban J connectivity index is 0.000000300. The summed E-state index contributed by atoms with van der Waals surface area (Å²) in [5.41, 5.74) is 4.07. The molecule has 0 saturated heterocycles. The number of aromatic nitrogens is 1. The predicted molar refractivity (Wildman–Crippen MR) is 80.2 cm³/mol. The summed E-state index contributed by atoms with van der Waals surface area (Å²) in [5.74, 6) is 0. The van der Waals surface area contributed by atoms with Crippen LogP contribution in [0.3, 0.4) is 0 Å². The van der Waals surface area contributed by atoms with Gasteiger partial charge in [-0.15, -0.1) is 10.2 Å². The third-order valence-electron chi connectivity index (χ3n) is 3.62. The Hall–Kier alpha value is -1.80. The van der Waals surface area contributed by atoms with Gasteiger partial charge < -0.3 is 0 Å². The van der Waals surface area contributed by atoms with Gasteiger partial charge >= 0.3 is 0 Å². The second kappa shape index (κ2) is 6.98. The third-order valence-corrected chi connectivity index (χ3v) is 4.82. The smallest absolute Gasteiger partial charge is 0.222 e. The zero-order valence-electron chi connectivity index (χ0n) is 12.6. The topological polar surface area (TPSA) is 96.1 Å². The van der Waals surface area contributed by atoms with Gasteiger partial charge in [0.1, 0.15) is 4.70 Å². The van der Waals surface area contributed by atoms with Crippen LogP contribution in [-0.2, 0) is 6.54 Å². The van der Waals surface area contributed by atoms with Crippen molar-refractivity contribution in [3.63, 3.8) is 0 Å². The maximum Gasteiger partial charge on any atom is 0.270 e. The number of halogens is 1. The van der Waals surface area contributed by atoms with E-state index in [1.807, 2.05) is 11.3 Å². The molecule has 0 N–H and O–H groups in total. The molecule has 0 bridgehead atoms. The molecular weight excluding hydrogens is 350 g/mol. The zero-order chi connectivity index (χ0) is 17.2. The minimum Gasteiger partial charge on any atom is -0.222 e. The molecule has 1 aliphatic rings. The van der Waals surface area contributed by atoms with Gasteiger partial charge in [-0.25, -0.2) is 18.6 Å². The van der Waals surface area contributed by atoms with E-state index < -0.39 is 10.2 Å². The van der Waals surface area contributed by atoms with Crippen molar-refractivity contribution in [3.05, 3.63) is 71.2 Å². The van der Waals surface area contributed by atoms with Crippen LogP contribution >= 0.6 is 11.3 Å². The van der Waals surface area contributed by atoms with Crippen LogP contribution in [-0.4, -0.2) is 0 Å². The molecule has 0 fully saturated rings. The number of fused-ring (bicyclic) bond motifs is 3. The molecule has 124 valence electrons. The number of aryl methyl sites for hydroxylation is 1. The van der Waals surface area contributed by atoms with Crippen molar-refractivity contribution in [2.75, 3.05) is 0 Å². The second-order valence-corrected chi connectivity index (χ2v) is 6.96. The molecule has 1 aliphatic heterocycles. The maximum absolute atomic E-state index is 8.49. The number of rotatable bonds is 1. The van der Waals surface area contributed by atoms with Gasteiger partial charge in [0.05, 0.1) is 5.57 Å². The molecule has 0 unspecified atom stereocenters. The van der Waals surface area contributed by atoms with Crippen LogP contribution in [0.1, 0.15) is 17.0 Å². The molecule has 2 aromatic carbocycles. The largest absolute Gasteiger partial charge is 0.270 e. The van der Waals surface area contributed by atoms with Crippen LogP contribution in [0.2, 0.25) is 0 Å². The van der Waals surface area contributed by atoms with Gasteiger partial charge in [-0.3, -0.25) is 0 Å². The number of nitrogens with zero attached hydrogens (tertiary/aromatic N) is 1. The van der Waals surface area contributed by atoms with Gasteiger partial charge in [0, 0.05) is 12.5 Å². The molecule has 0 saturated carbocycles. The van der Waals surface area contributed by atoms with E-state index in [4.69, 9.17) is 18.6 Å². The monoisotopic (exact) mass is 363 g/mol. The van der Waals surface area contributed by atoms with Crippen LogP contribution < -0.4 is 23.2 Å². The van der Waals surface area contributed by atoms with Crippen LogP contribution in [0.25, 0.3) is 15.8 Å². The fourth-order valence-corrected chi connectivity index (χ4v) is 3.99. The van der Waals surface area contributed by atoms with Gasteiger partial charge in [-0.05, 0) is 11.6 Å². The highest BCUT2D eigenvalue weighted by atomic mass is 35.7. The van der Waals surface area contributed by atoms with E-state index in [2.05, 4.69) is 65.2 Å². The molecule has 2 heterocycles. The highest BCUT2D eigenvalue weighted by Crippen LogP contribution is 2.32. The fourth-order valence-electron chi connectivity index (χ4n) is 2.74. The summed E-state index contributed by atoms with van der Waals surface area (Å²) in [5, 5.41) is 1.39. The molecule has 0 aliphatic carbocycles. The number of para-hydroxylation sites is 1. The summed E-state index contributed by atoms with van der Waals surface area (Å²) in [4.78, 5) is 0. The van der Waals surface area contributed by atoms with Gasteiger partial charge in [-0.1, -0.05) is 59.9 Å². The number of thiazole rings is 1. The minimum absolute atomic E-state index is 1.09. The Morgan fingerprint density at radius 1 is 0.875 bits per heavy atom. The highest BCUT2D eigenvalue weighted by Gasteiger charge is 2.26. The van der Waals surface area contributed by atoms with E-state index in [1.54, 1.807) is 0 Å². The lowest BCUT2D eigenvalue weighted by Crippen LogP contribution is -2.68. The Bertz CT molecular complexity index is 865. The van der Waals surface area contributed by atoms with E-state index in [0.717, 1.165) is 13.0 Å². The van der Waals surface area contributed by atoms with E-state index >= 15 is 0 Å². The number of benzene rings is 2. The van der Waals surface area contributed by atoms with E-state index in [0.29, 0.717) is 0 Å². The minimum atomic E-state index is -4.94. The van der Waals surface area contributed by atoms with E-state index in [-0.39, 0.29) is 0 Å².